The summed E-state index contributed by atoms with van der Waals surface area (Å²) in [5, 5.41) is 5.77. The standard InChI is InChI=1S/C19H24F5N7O2.C6H10F2/c20-15(21)4-6-31(26)14(8-25)18(33)28-10-16-29-12-2-1-11(7-13(12)30-16)9-27-17(32)3-5-19(22,23)24;7-6(8)4-2-1-3-5-6/h1-2,7-8,15H,3-6,9-10,25-26H2,(H,27,32)(H,28,33)(H,29,30);1-5H2/b14-8-;. The minimum atomic E-state index is -4.40. The van der Waals surface area contributed by atoms with Gasteiger partial charge in [0, 0.05) is 45.0 Å². The van der Waals surface area contributed by atoms with E-state index in [1.165, 1.54) is 0 Å². The molecule has 0 aliphatic heterocycles. The molecule has 9 nitrogen and oxygen atoms in total. The maximum Gasteiger partial charge on any atom is 0.389 e. The van der Waals surface area contributed by atoms with Crippen LogP contribution in [0, 0.1) is 0 Å². The van der Waals surface area contributed by atoms with Gasteiger partial charge in [0.05, 0.1) is 24.0 Å². The molecular formula is C25H34F7N7O2. The van der Waals surface area contributed by atoms with Gasteiger partial charge in [-0.15, -0.1) is 0 Å². The van der Waals surface area contributed by atoms with Crippen LogP contribution < -0.4 is 22.2 Å². The van der Waals surface area contributed by atoms with E-state index in [1.54, 1.807) is 18.2 Å². The Kier molecular flexibility index (Phi) is 12.7. The Balaban J connectivity index is 0.000000629. The first-order valence-electron chi connectivity index (χ1n) is 12.9. The van der Waals surface area contributed by atoms with Crippen molar-refractivity contribution in [3.05, 3.63) is 41.5 Å². The summed E-state index contributed by atoms with van der Waals surface area (Å²) in [6.07, 6.45) is -5.77. The van der Waals surface area contributed by atoms with E-state index in [-0.39, 0.29) is 38.2 Å². The second kappa shape index (κ2) is 15.4. The molecule has 7 N–H and O–H groups in total. The Morgan fingerprint density at radius 3 is 2.37 bits per heavy atom. The summed E-state index contributed by atoms with van der Waals surface area (Å²) in [5.74, 6) is 2.25. The molecule has 0 spiro atoms. The van der Waals surface area contributed by atoms with E-state index in [4.69, 9.17) is 11.6 Å². The smallest absolute Gasteiger partial charge is 0.389 e. The molecule has 1 saturated carbocycles. The molecule has 16 heteroatoms. The van der Waals surface area contributed by atoms with Crippen molar-refractivity contribution in [1.82, 2.24) is 25.6 Å². The zero-order valence-corrected chi connectivity index (χ0v) is 22.2. The van der Waals surface area contributed by atoms with Gasteiger partial charge in [0.1, 0.15) is 11.5 Å². The van der Waals surface area contributed by atoms with Gasteiger partial charge in [0.25, 0.3) is 5.91 Å². The predicted molar refractivity (Wildman–Crippen MR) is 137 cm³/mol. The molecule has 0 atom stereocenters. The zero-order valence-electron chi connectivity index (χ0n) is 22.2. The summed E-state index contributed by atoms with van der Waals surface area (Å²) in [4.78, 5) is 31.1. The molecule has 1 fully saturated rings. The highest BCUT2D eigenvalue weighted by Gasteiger charge is 2.30. The summed E-state index contributed by atoms with van der Waals surface area (Å²) in [6.45, 7) is -0.279. The lowest BCUT2D eigenvalue weighted by atomic mass is 9.97. The fraction of sp³-hybridized carbons (Fsp3) is 0.560. The SMILES string of the molecule is FC1(F)CCCCC1.N/C=C(/C(=O)NCc1nc2ccc(CNC(=O)CCC(F)(F)F)cc2[nH]1)N(N)CCC(F)F. The monoisotopic (exact) mass is 597 g/mol. The molecule has 1 aliphatic rings. The van der Waals surface area contributed by atoms with E-state index in [1.807, 2.05) is 0 Å². The summed E-state index contributed by atoms with van der Waals surface area (Å²) in [5.41, 5.74) is 6.96. The van der Waals surface area contributed by atoms with Gasteiger partial charge >= 0.3 is 6.18 Å². The lowest BCUT2D eigenvalue weighted by molar-refractivity contribution is -0.144. The van der Waals surface area contributed by atoms with Crippen LogP contribution >= 0.6 is 0 Å². The zero-order chi connectivity index (χ0) is 30.6. The molecule has 1 aromatic carbocycles. The molecule has 0 saturated heterocycles. The number of carbonyl (C=O) groups excluding carboxylic acids is 2. The number of hydrazine groups is 1. The average Bonchev–Trinajstić information content (AvgIpc) is 3.31. The molecule has 0 radical (unpaired) electrons. The number of rotatable bonds is 11. The van der Waals surface area contributed by atoms with Crippen LogP contribution in [0.5, 0.6) is 0 Å². The molecule has 2 amide bonds. The van der Waals surface area contributed by atoms with Gasteiger partial charge in [-0.05, 0) is 30.5 Å². The van der Waals surface area contributed by atoms with E-state index >= 15 is 0 Å². The van der Waals surface area contributed by atoms with Gasteiger partial charge in [0.15, 0.2) is 0 Å². The van der Waals surface area contributed by atoms with Gasteiger partial charge in [-0.3, -0.25) is 9.59 Å². The van der Waals surface area contributed by atoms with Crippen molar-refractivity contribution in [2.24, 2.45) is 11.6 Å². The van der Waals surface area contributed by atoms with Crippen LogP contribution in [0.25, 0.3) is 11.0 Å². The van der Waals surface area contributed by atoms with Crippen molar-refractivity contribution in [1.29, 1.82) is 0 Å². The Morgan fingerprint density at radius 1 is 1.12 bits per heavy atom. The number of amides is 2. The van der Waals surface area contributed by atoms with Gasteiger partial charge in [-0.25, -0.2) is 28.4 Å². The number of fused-ring (bicyclic) bond motifs is 1. The van der Waals surface area contributed by atoms with Crippen LogP contribution in [0.1, 0.15) is 62.8 Å². The molecular weight excluding hydrogens is 563 g/mol. The van der Waals surface area contributed by atoms with E-state index in [9.17, 15) is 40.3 Å². The van der Waals surface area contributed by atoms with E-state index in [2.05, 4.69) is 20.6 Å². The van der Waals surface area contributed by atoms with Crippen LogP contribution in [0.4, 0.5) is 30.7 Å². The highest BCUT2D eigenvalue weighted by atomic mass is 19.4. The Labute approximate surface area is 231 Å². The number of nitrogens with zero attached hydrogens (tertiary/aromatic N) is 2. The maximum atomic E-state index is 12.3. The third-order valence-corrected chi connectivity index (χ3v) is 6.01. The largest absolute Gasteiger partial charge is 0.403 e. The number of alkyl halides is 7. The van der Waals surface area contributed by atoms with E-state index < -0.39 is 49.6 Å². The minimum absolute atomic E-state index is 0.0350. The number of carbonyl (C=O) groups is 2. The molecule has 1 aromatic heterocycles. The molecule has 230 valence electrons. The second-order valence-corrected chi connectivity index (χ2v) is 9.45. The fourth-order valence-corrected chi connectivity index (χ4v) is 3.83. The molecule has 1 heterocycles. The number of hydrogen-bond acceptors (Lipinski definition) is 6. The normalized spacial score (nSPS) is 15.3. The summed E-state index contributed by atoms with van der Waals surface area (Å²) >= 11 is 0. The molecule has 0 unspecified atom stereocenters. The number of aromatic nitrogens is 2. The number of H-pyrrole nitrogens is 1. The highest BCUT2D eigenvalue weighted by molar-refractivity contribution is 5.92. The van der Waals surface area contributed by atoms with Crippen LogP contribution in [0.15, 0.2) is 30.1 Å². The molecule has 1 aliphatic carbocycles. The van der Waals surface area contributed by atoms with Gasteiger partial charge in [-0.2, -0.15) is 13.2 Å². The van der Waals surface area contributed by atoms with Crippen LogP contribution in [-0.4, -0.2) is 51.9 Å². The maximum absolute atomic E-state index is 12.3. The van der Waals surface area contributed by atoms with Crippen molar-refractivity contribution in [2.45, 2.75) is 83.0 Å². The van der Waals surface area contributed by atoms with E-state index in [0.29, 0.717) is 35.3 Å². The number of hydrogen-bond donors (Lipinski definition) is 5. The molecule has 0 bridgehead atoms. The Bertz CT molecular complexity index is 1160. The lowest BCUT2D eigenvalue weighted by Crippen LogP contribution is -2.40. The summed E-state index contributed by atoms with van der Waals surface area (Å²) in [7, 11) is 0. The number of halogens is 7. The first-order valence-corrected chi connectivity index (χ1v) is 12.9. The van der Waals surface area contributed by atoms with Crippen LogP contribution in [0.3, 0.4) is 0 Å². The number of aromatic amines is 1. The van der Waals surface area contributed by atoms with Crippen molar-refractivity contribution >= 4 is 22.8 Å². The predicted octanol–water partition coefficient (Wildman–Crippen LogP) is 4.35. The van der Waals surface area contributed by atoms with E-state index in [0.717, 1.165) is 17.6 Å². The molecule has 2 aromatic rings. The summed E-state index contributed by atoms with van der Waals surface area (Å²) in [6, 6.07) is 4.96. The minimum Gasteiger partial charge on any atom is -0.403 e. The number of nitrogens with two attached hydrogens (primary N) is 2. The van der Waals surface area contributed by atoms with Crippen molar-refractivity contribution in [2.75, 3.05) is 6.54 Å². The first kappa shape index (κ1) is 33.6. The quantitative estimate of drug-likeness (QED) is 0.113. The number of nitrogens with one attached hydrogen (secondary N) is 3. The Morgan fingerprint density at radius 2 is 1.80 bits per heavy atom. The molecule has 41 heavy (non-hydrogen) atoms. The van der Waals surface area contributed by atoms with Crippen molar-refractivity contribution < 1.29 is 40.3 Å². The van der Waals surface area contributed by atoms with Crippen molar-refractivity contribution in [3.63, 3.8) is 0 Å². The highest BCUT2D eigenvalue weighted by Crippen LogP contribution is 2.32. The first-order chi connectivity index (χ1) is 19.2. The molecule has 3 rings (SSSR count). The second-order valence-electron chi connectivity index (χ2n) is 9.45. The van der Waals surface area contributed by atoms with Gasteiger partial charge < -0.3 is 26.4 Å². The third kappa shape index (κ3) is 12.7. The summed E-state index contributed by atoms with van der Waals surface area (Å²) < 4.78 is 85.6. The van der Waals surface area contributed by atoms with Crippen molar-refractivity contribution in [3.8, 4) is 0 Å². The number of imidazole rings is 1. The average molecular weight is 598 g/mol. The number of benzene rings is 1. The third-order valence-electron chi connectivity index (χ3n) is 6.01. The Hall–Kier alpha value is -3.56. The van der Waals surface area contributed by atoms with Crippen LogP contribution in [-0.2, 0) is 22.7 Å². The lowest BCUT2D eigenvalue weighted by Gasteiger charge is -2.20. The fourth-order valence-electron chi connectivity index (χ4n) is 3.83. The van der Waals surface area contributed by atoms with Crippen LogP contribution in [0.2, 0.25) is 0 Å². The van der Waals surface area contributed by atoms with Gasteiger partial charge in [-0.1, -0.05) is 12.5 Å². The topological polar surface area (TPSA) is 142 Å². The van der Waals surface area contributed by atoms with Gasteiger partial charge in [0.2, 0.25) is 18.3 Å².